The van der Waals surface area contributed by atoms with Crippen LogP contribution in [0.5, 0.6) is 0 Å². The van der Waals surface area contributed by atoms with Gasteiger partial charge in [-0.15, -0.1) is 0 Å². The molecule has 0 N–H and O–H groups in total. The molecule has 1 saturated carbocycles. The van der Waals surface area contributed by atoms with E-state index in [1.54, 1.807) is 0 Å². The minimum atomic E-state index is -3.94. The molecule has 1 aliphatic carbocycles. The lowest BCUT2D eigenvalue weighted by atomic mass is 10.2. The molecule has 2 heterocycles. The summed E-state index contributed by atoms with van der Waals surface area (Å²) < 4.78 is 24.8. The first kappa shape index (κ1) is 11.3. The van der Waals surface area contributed by atoms with Crippen LogP contribution in [0.3, 0.4) is 0 Å². The van der Waals surface area contributed by atoms with E-state index in [4.69, 9.17) is 0 Å². The summed E-state index contributed by atoms with van der Waals surface area (Å²) in [6, 6.07) is 2.91. The highest BCUT2D eigenvalue weighted by molar-refractivity contribution is 7.90. The monoisotopic (exact) mass is 266 g/mol. The minimum Gasteiger partial charge on any atom is -0.297 e. The predicted octanol–water partition coefficient (Wildman–Crippen LogP) is 0.205. The lowest BCUT2D eigenvalue weighted by molar-refractivity contribution is -0.120. The summed E-state index contributed by atoms with van der Waals surface area (Å²) in [5.41, 5.74) is 0.0427. The van der Waals surface area contributed by atoms with Crippen molar-refractivity contribution in [2.75, 3.05) is 6.54 Å². The first-order valence-electron chi connectivity index (χ1n) is 5.56. The second-order valence-electron chi connectivity index (χ2n) is 4.41. The summed E-state index contributed by atoms with van der Waals surface area (Å²) in [6.45, 7) is -0.373. The van der Waals surface area contributed by atoms with Gasteiger partial charge in [0.25, 0.3) is 15.9 Å². The molecule has 1 fully saturated rings. The average Bonchev–Trinajstić information content (AvgIpc) is 3.16. The van der Waals surface area contributed by atoms with Gasteiger partial charge in [-0.2, -0.15) is 8.42 Å². The summed E-state index contributed by atoms with van der Waals surface area (Å²) in [4.78, 5) is 27.3. The lowest BCUT2D eigenvalue weighted by Gasteiger charge is -2.13. The van der Waals surface area contributed by atoms with Crippen molar-refractivity contribution in [1.29, 1.82) is 0 Å². The van der Waals surface area contributed by atoms with E-state index in [-0.39, 0.29) is 28.8 Å². The zero-order valence-corrected chi connectivity index (χ0v) is 10.2. The Hall–Kier alpha value is -1.76. The van der Waals surface area contributed by atoms with Gasteiger partial charge in [-0.25, -0.2) is 9.29 Å². The van der Waals surface area contributed by atoms with Gasteiger partial charge in [0.2, 0.25) is 0 Å². The van der Waals surface area contributed by atoms with Crippen LogP contribution in [0.4, 0.5) is 0 Å². The van der Waals surface area contributed by atoms with Gasteiger partial charge < -0.3 is 0 Å². The Morgan fingerprint density at radius 3 is 2.78 bits per heavy atom. The van der Waals surface area contributed by atoms with Gasteiger partial charge in [0.15, 0.2) is 10.8 Å². The highest BCUT2D eigenvalue weighted by Crippen LogP contribution is 2.33. The number of fused-ring (bicyclic) bond motifs is 1. The Morgan fingerprint density at radius 2 is 2.17 bits per heavy atom. The Kier molecular flexibility index (Phi) is 2.28. The number of rotatable bonds is 3. The quantitative estimate of drug-likeness (QED) is 0.780. The van der Waals surface area contributed by atoms with E-state index in [0.717, 1.165) is 12.8 Å². The van der Waals surface area contributed by atoms with Gasteiger partial charge in [-0.05, 0) is 25.0 Å². The molecular weight excluding hydrogens is 256 g/mol. The molecule has 6 nitrogen and oxygen atoms in total. The van der Waals surface area contributed by atoms with Crippen LogP contribution in [0.1, 0.15) is 23.2 Å². The lowest BCUT2D eigenvalue weighted by Crippen LogP contribution is -2.35. The van der Waals surface area contributed by atoms with Crippen molar-refractivity contribution >= 4 is 21.7 Å². The first-order valence-corrected chi connectivity index (χ1v) is 7.00. The number of Topliss-reactive ketones (excluding diaryl/α,β-unsaturated/α-hetero) is 1. The van der Waals surface area contributed by atoms with Crippen LogP contribution < -0.4 is 0 Å². The number of carbonyl (C=O) groups excluding carboxylic acids is 2. The van der Waals surface area contributed by atoms with E-state index in [2.05, 4.69) is 4.98 Å². The number of amides is 1. The van der Waals surface area contributed by atoms with Gasteiger partial charge in [0.05, 0.1) is 12.1 Å². The molecule has 1 aromatic heterocycles. The summed E-state index contributed by atoms with van der Waals surface area (Å²) in [5.74, 6) is -0.934. The Balaban J connectivity index is 1.98. The van der Waals surface area contributed by atoms with Crippen LogP contribution in [0.25, 0.3) is 0 Å². The summed E-state index contributed by atoms with van der Waals surface area (Å²) in [7, 11) is -3.94. The van der Waals surface area contributed by atoms with Gasteiger partial charge in [0.1, 0.15) is 0 Å². The Morgan fingerprint density at radius 1 is 1.44 bits per heavy atom. The fourth-order valence-corrected chi connectivity index (χ4v) is 3.39. The van der Waals surface area contributed by atoms with Crippen molar-refractivity contribution in [1.82, 2.24) is 9.29 Å². The van der Waals surface area contributed by atoms with Crippen molar-refractivity contribution in [3.8, 4) is 0 Å². The molecule has 1 aliphatic heterocycles. The van der Waals surface area contributed by atoms with Crippen molar-refractivity contribution in [3.05, 3.63) is 23.9 Å². The normalized spacial score (nSPS) is 20.9. The SMILES string of the molecule is O=C(CN1C(=O)c2cccnc2S1(=O)=O)C1CC1. The number of nitrogens with zero attached hydrogens (tertiary/aromatic N) is 2. The third-order valence-corrected chi connectivity index (χ3v) is 4.78. The third-order valence-electron chi connectivity index (χ3n) is 3.09. The molecule has 94 valence electrons. The van der Waals surface area contributed by atoms with Crippen LogP contribution in [0.2, 0.25) is 0 Å². The van der Waals surface area contributed by atoms with E-state index in [1.165, 1.54) is 18.3 Å². The molecular formula is C11H10N2O4S. The molecule has 0 spiro atoms. The maximum atomic E-state index is 12.1. The molecule has 2 aliphatic rings. The number of hydrogen-bond donors (Lipinski definition) is 0. The molecule has 0 saturated heterocycles. The molecule has 7 heteroatoms. The molecule has 0 atom stereocenters. The molecule has 0 radical (unpaired) electrons. The zero-order chi connectivity index (χ0) is 12.9. The van der Waals surface area contributed by atoms with E-state index < -0.39 is 15.9 Å². The number of ketones is 1. The standard InChI is InChI=1S/C11H10N2O4S/c14-9(7-3-4-7)6-13-11(15)8-2-1-5-12-10(8)18(13,16)17/h1-2,5,7H,3-4,6H2. The minimum absolute atomic E-state index is 0.0427. The van der Waals surface area contributed by atoms with Gasteiger partial charge in [-0.1, -0.05) is 0 Å². The van der Waals surface area contributed by atoms with Crippen LogP contribution in [0.15, 0.2) is 23.4 Å². The molecule has 0 aromatic carbocycles. The fourth-order valence-electron chi connectivity index (χ4n) is 1.94. The van der Waals surface area contributed by atoms with Crippen molar-refractivity contribution in [2.24, 2.45) is 5.92 Å². The topological polar surface area (TPSA) is 84.4 Å². The molecule has 1 amide bonds. The summed E-state index contributed by atoms with van der Waals surface area (Å²) >= 11 is 0. The fraction of sp³-hybridized carbons (Fsp3) is 0.364. The molecule has 1 aromatic rings. The van der Waals surface area contributed by atoms with Crippen LogP contribution in [0, 0.1) is 5.92 Å². The van der Waals surface area contributed by atoms with Gasteiger partial charge >= 0.3 is 0 Å². The Labute approximate surface area is 104 Å². The molecule has 0 unspecified atom stereocenters. The van der Waals surface area contributed by atoms with E-state index >= 15 is 0 Å². The highest BCUT2D eigenvalue weighted by atomic mass is 32.2. The smallest absolute Gasteiger partial charge is 0.285 e. The second kappa shape index (κ2) is 3.61. The maximum Gasteiger partial charge on any atom is 0.285 e. The van der Waals surface area contributed by atoms with Crippen LogP contribution in [-0.2, 0) is 14.8 Å². The highest BCUT2D eigenvalue weighted by Gasteiger charge is 2.44. The maximum absolute atomic E-state index is 12.1. The van der Waals surface area contributed by atoms with Crippen LogP contribution >= 0.6 is 0 Å². The van der Waals surface area contributed by atoms with Crippen molar-refractivity contribution in [2.45, 2.75) is 17.9 Å². The van der Waals surface area contributed by atoms with Crippen LogP contribution in [-0.4, -0.2) is 35.9 Å². The van der Waals surface area contributed by atoms with Gasteiger partial charge in [-0.3, -0.25) is 9.59 Å². The second-order valence-corrected chi connectivity index (χ2v) is 6.19. The van der Waals surface area contributed by atoms with Crippen molar-refractivity contribution in [3.63, 3.8) is 0 Å². The first-order chi connectivity index (χ1) is 8.51. The zero-order valence-electron chi connectivity index (χ0n) is 9.37. The van der Waals surface area contributed by atoms with Gasteiger partial charge in [0, 0.05) is 12.1 Å². The van der Waals surface area contributed by atoms with E-state index in [1.807, 2.05) is 0 Å². The number of hydrogen-bond acceptors (Lipinski definition) is 5. The van der Waals surface area contributed by atoms with E-state index in [0.29, 0.717) is 4.31 Å². The number of carbonyl (C=O) groups is 2. The summed E-state index contributed by atoms with van der Waals surface area (Å²) in [5, 5.41) is -0.251. The van der Waals surface area contributed by atoms with Crippen molar-refractivity contribution < 1.29 is 18.0 Å². The average molecular weight is 266 g/mol. The largest absolute Gasteiger partial charge is 0.297 e. The molecule has 3 rings (SSSR count). The number of pyridine rings is 1. The third kappa shape index (κ3) is 1.54. The van der Waals surface area contributed by atoms with E-state index in [9.17, 15) is 18.0 Å². The number of aromatic nitrogens is 1. The Bertz CT molecular complexity index is 649. The summed E-state index contributed by atoms with van der Waals surface area (Å²) in [6.07, 6.45) is 2.88. The molecule has 0 bridgehead atoms. The predicted molar refractivity (Wildman–Crippen MR) is 60.2 cm³/mol. The molecule has 18 heavy (non-hydrogen) atoms. The number of sulfonamides is 1.